The molecule has 0 radical (unpaired) electrons. The van der Waals surface area contributed by atoms with E-state index in [-0.39, 0.29) is 12.5 Å². The lowest BCUT2D eigenvalue weighted by Gasteiger charge is -2.05. The van der Waals surface area contributed by atoms with E-state index in [1.807, 2.05) is 0 Å². The summed E-state index contributed by atoms with van der Waals surface area (Å²) in [5.41, 5.74) is 0. The van der Waals surface area contributed by atoms with E-state index >= 15 is 0 Å². The van der Waals surface area contributed by atoms with Gasteiger partial charge in [0.15, 0.2) is 0 Å². The SMILES string of the molecule is O=P(Cl)(Cl)OCC(Cl)CCl. The molecular formula is C3H5Cl4O2P. The smallest absolute Gasteiger partial charge is 0.305 e. The number of hydrogen-bond donors (Lipinski definition) is 0. The second kappa shape index (κ2) is 5.08. The van der Waals surface area contributed by atoms with Gasteiger partial charge in [-0.25, -0.2) is 0 Å². The van der Waals surface area contributed by atoms with Gasteiger partial charge in [-0.3, -0.25) is 4.57 Å². The van der Waals surface area contributed by atoms with Crippen LogP contribution in [0.25, 0.3) is 0 Å². The predicted octanol–water partition coefficient (Wildman–Crippen LogP) is 3.43. The van der Waals surface area contributed by atoms with Crippen LogP contribution in [0, 0.1) is 0 Å². The van der Waals surface area contributed by atoms with Crippen molar-refractivity contribution in [2.24, 2.45) is 0 Å². The molecule has 0 N–H and O–H groups in total. The van der Waals surface area contributed by atoms with Crippen molar-refractivity contribution in [3.8, 4) is 0 Å². The molecule has 0 fully saturated rings. The van der Waals surface area contributed by atoms with Gasteiger partial charge < -0.3 is 4.52 Å². The zero-order valence-corrected chi connectivity index (χ0v) is 8.69. The average molecular weight is 246 g/mol. The highest BCUT2D eigenvalue weighted by atomic mass is 35.9. The second-order valence-corrected chi connectivity index (χ2v) is 6.66. The highest BCUT2D eigenvalue weighted by Gasteiger charge is 2.16. The van der Waals surface area contributed by atoms with Gasteiger partial charge in [0.2, 0.25) is 0 Å². The number of rotatable bonds is 4. The standard InChI is InChI=1S/C3H5Cl4O2P/c4-1-3(5)2-9-10(6,7)8/h3H,1-2H2. The summed E-state index contributed by atoms with van der Waals surface area (Å²) in [5, 5.41) is -0.410. The molecule has 2 nitrogen and oxygen atoms in total. The maximum Gasteiger partial charge on any atom is 0.380 e. The molecule has 0 aromatic rings. The van der Waals surface area contributed by atoms with Crippen molar-refractivity contribution in [3.05, 3.63) is 0 Å². The lowest BCUT2D eigenvalue weighted by atomic mass is 10.5. The zero-order valence-electron chi connectivity index (χ0n) is 4.77. The van der Waals surface area contributed by atoms with Crippen molar-refractivity contribution in [2.75, 3.05) is 12.5 Å². The van der Waals surface area contributed by atoms with E-state index in [2.05, 4.69) is 4.52 Å². The van der Waals surface area contributed by atoms with Crippen LogP contribution in [0.1, 0.15) is 0 Å². The molecule has 0 saturated carbocycles. The first-order valence-electron chi connectivity index (χ1n) is 2.29. The van der Waals surface area contributed by atoms with Crippen LogP contribution in [0.2, 0.25) is 0 Å². The van der Waals surface area contributed by atoms with Crippen LogP contribution < -0.4 is 0 Å². The Hall–Kier alpha value is 1.35. The Kier molecular flexibility index (Phi) is 5.76. The second-order valence-electron chi connectivity index (χ2n) is 1.46. The van der Waals surface area contributed by atoms with Gasteiger partial charge in [0.05, 0.1) is 12.0 Å². The molecule has 10 heavy (non-hydrogen) atoms. The van der Waals surface area contributed by atoms with Crippen LogP contribution in [-0.4, -0.2) is 17.9 Å². The molecular weight excluding hydrogens is 241 g/mol. The summed E-state index contributed by atoms with van der Waals surface area (Å²) >= 11 is 20.8. The van der Waals surface area contributed by atoms with Crippen LogP contribution in [0.5, 0.6) is 0 Å². The molecule has 0 rings (SSSR count). The highest BCUT2D eigenvalue weighted by Crippen LogP contribution is 2.57. The lowest BCUT2D eigenvalue weighted by molar-refractivity contribution is 0.337. The summed E-state index contributed by atoms with van der Waals surface area (Å²) in [6, 6.07) is 0. The summed E-state index contributed by atoms with van der Waals surface area (Å²) in [6.07, 6.45) is -3.43. The predicted molar refractivity (Wildman–Crippen MR) is 45.6 cm³/mol. The minimum Gasteiger partial charge on any atom is -0.305 e. The number of hydrogen-bond acceptors (Lipinski definition) is 2. The summed E-state index contributed by atoms with van der Waals surface area (Å²) in [6.45, 7) is -0.00463. The van der Waals surface area contributed by atoms with Gasteiger partial charge in [0.25, 0.3) is 0 Å². The Morgan fingerprint density at radius 3 is 2.30 bits per heavy atom. The van der Waals surface area contributed by atoms with E-state index in [9.17, 15) is 4.57 Å². The van der Waals surface area contributed by atoms with Crippen LogP contribution >= 0.6 is 51.8 Å². The summed E-state index contributed by atoms with van der Waals surface area (Å²) < 4.78 is 14.9. The maximum atomic E-state index is 10.4. The Bertz CT molecular complexity index is 134. The van der Waals surface area contributed by atoms with E-state index < -0.39 is 11.5 Å². The molecule has 0 spiro atoms. The molecule has 62 valence electrons. The molecule has 0 aliphatic heterocycles. The largest absolute Gasteiger partial charge is 0.380 e. The first-order valence-corrected chi connectivity index (χ1v) is 6.70. The van der Waals surface area contributed by atoms with Gasteiger partial charge in [-0.05, 0) is 22.5 Å². The van der Waals surface area contributed by atoms with Gasteiger partial charge in [0, 0.05) is 5.88 Å². The van der Waals surface area contributed by atoms with Crippen LogP contribution in [-0.2, 0) is 9.09 Å². The quantitative estimate of drug-likeness (QED) is 0.560. The molecule has 0 amide bonds. The first-order chi connectivity index (χ1) is 4.45. The van der Waals surface area contributed by atoms with Crippen molar-refractivity contribution in [3.63, 3.8) is 0 Å². The van der Waals surface area contributed by atoms with E-state index in [4.69, 9.17) is 45.7 Å². The molecule has 1 unspecified atom stereocenters. The van der Waals surface area contributed by atoms with Crippen molar-refractivity contribution in [1.82, 2.24) is 0 Å². The fraction of sp³-hybridized carbons (Fsp3) is 1.00. The van der Waals surface area contributed by atoms with Crippen molar-refractivity contribution in [2.45, 2.75) is 5.38 Å². The van der Waals surface area contributed by atoms with Gasteiger partial charge >= 0.3 is 6.07 Å². The Balaban J connectivity index is 3.46. The first kappa shape index (κ1) is 11.4. The topological polar surface area (TPSA) is 26.3 Å². The van der Waals surface area contributed by atoms with E-state index in [0.29, 0.717) is 0 Å². The third-order valence-electron chi connectivity index (χ3n) is 0.573. The average Bonchev–Trinajstić information content (AvgIpc) is 1.81. The third kappa shape index (κ3) is 7.46. The van der Waals surface area contributed by atoms with Crippen molar-refractivity contribution in [1.29, 1.82) is 0 Å². The molecule has 0 heterocycles. The molecule has 0 aromatic carbocycles. The molecule has 0 aromatic heterocycles. The fourth-order valence-corrected chi connectivity index (χ4v) is 1.14. The normalized spacial score (nSPS) is 15.2. The number of alkyl halides is 2. The minimum absolute atomic E-state index is 0.00463. The fourth-order valence-electron chi connectivity index (χ4n) is 0.212. The monoisotopic (exact) mass is 244 g/mol. The molecule has 0 bridgehead atoms. The number of halogens is 4. The molecule has 0 aliphatic carbocycles. The Morgan fingerprint density at radius 1 is 1.50 bits per heavy atom. The van der Waals surface area contributed by atoms with Crippen LogP contribution in [0.15, 0.2) is 0 Å². The molecule has 0 saturated heterocycles. The highest BCUT2D eigenvalue weighted by molar-refractivity contribution is 8.05. The Morgan fingerprint density at radius 2 is 2.00 bits per heavy atom. The van der Waals surface area contributed by atoms with Gasteiger partial charge in [-0.15, -0.1) is 23.2 Å². The van der Waals surface area contributed by atoms with Gasteiger partial charge in [0.1, 0.15) is 0 Å². The van der Waals surface area contributed by atoms with Crippen molar-refractivity contribution < 1.29 is 9.09 Å². The van der Waals surface area contributed by atoms with Crippen LogP contribution in [0.4, 0.5) is 0 Å². The van der Waals surface area contributed by atoms with Crippen molar-refractivity contribution >= 4 is 51.8 Å². The summed E-state index contributed by atoms with van der Waals surface area (Å²) in [4.78, 5) is 0. The van der Waals surface area contributed by atoms with E-state index in [0.717, 1.165) is 0 Å². The molecule has 0 aliphatic rings. The third-order valence-corrected chi connectivity index (χ3v) is 2.42. The lowest BCUT2D eigenvalue weighted by Crippen LogP contribution is -2.07. The maximum absolute atomic E-state index is 10.4. The zero-order chi connectivity index (χ0) is 8.20. The minimum atomic E-state index is -3.43. The van der Waals surface area contributed by atoms with Gasteiger partial charge in [-0.2, -0.15) is 0 Å². The van der Waals surface area contributed by atoms with Crippen LogP contribution in [0.3, 0.4) is 0 Å². The van der Waals surface area contributed by atoms with Gasteiger partial charge in [-0.1, -0.05) is 0 Å². The Labute approximate surface area is 78.8 Å². The molecule has 7 heteroatoms. The summed E-state index contributed by atoms with van der Waals surface area (Å²) in [7, 11) is 0. The summed E-state index contributed by atoms with van der Waals surface area (Å²) in [5.74, 6) is 0.204. The molecule has 1 atom stereocenters. The van der Waals surface area contributed by atoms with E-state index in [1.54, 1.807) is 0 Å². The van der Waals surface area contributed by atoms with E-state index in [1.165, 1.54) is 0 Å².